The SMILES string of the molecule is O=C(COC(=O)CNC(=O)c1ccc(N2CCCC2=O)cc1)Nc1cc(Cl)c(Cl)cc1Cl. The molecule has 0 radical (unpaired) electrons. The van der Waals surface area contributed by atoms with Gasteiger partial charge in [-0.15, -0.1) is 0 Å². The Morgan fingerprint density at radius 2 is 1.69 bits per heavy atom. The van der Waals surface area contributed by atoms with Gasteiger partial charge in [0.1, 0.15) is 6.54 Å². The minimum absolute atomic E-state index is 0.0513. The number of carbonyl (C=O) groups is 4. The Labute approximate surface area is 198 Å². The zero-order valence-electron chi connectivity index (χ0n) is 16.6. The Balaban J connectivity index is 1.43. The molecule has 11 heteroatoms. The van der Waals surface area contributed by atoms with Crippen molar-refractivity contribution in [2.45, 2.75) is 12.8 Å². The second kappa shape index (κ2) is 10.7. The van der Waals surface area contributed by atoms with Gasteiger partial charge in [-0.1, -0.05) is 34.8 Å². The van der Waals surface area contributed by atoms with Crippen LogP contribution in [0.4, 0.5) is 11.4 Å². The van der Waals surface area contributed by atoms with Gasteiger partial charge in [0.25, 0.3) is 11.8 Å². The van der Waals surface area contributed by atoms with E-state index in [0.717, 1.165) is 12.1 Å². The molecule has 1 aliphatic rings. The van der Waals surface area contributed by atoms with Gasteiger partial charge in [0, 0.05) is 24.2 Å². The largest absolute Gasteiger partial charge is 0.454 e. The number of esters is 1. The fraction of sp³-hybridized carbons (Fsp3) is 0.238. The second-order valence-electron chi connectivity index (χ2n) is 6.83. The number of halogens is 3. The molecule has 0 saturated carbocycles. The molecule has 0 atom stereocenters. The summed E-state index contributed by atoms with van der Waals surface area (Å²) in [5, 5.41) is 5.47. The van der Waals surface area contributed by atoms with E-state index in [4.69, 9.17) is 39.5 Å². The van der Waals surface area contributed by atoms with Crippen LogP contribution in [0.15, 0.2) is 36.4 Å². The first-order chi connectivity index (χ1) is 15.2. The summed E-state index contributed by atoms with van der Waals surface area (Å²) >= 11 is 17.7. The zero-order chi connectivity index (χ0) is 23.3. The van der Waals surface area contributed by atoms with Gasteiger partial charge in [0.05, 0.1) is 20.8 Å². The number of hydrogen-bond acceptors (Lipinski definition) is 5. The monoisotopic (exact) mass is 497 g/mol. The molecule has 32 heavy (non-hydrogen) atoms. The first kappa shape index (κ1) is 23.8. The number of anilines is 2. The molecular formula is C21H18Cl3N3O5. The van der Waals surface area contributed by atoms with Crippen molar-refractivity contribution >= 4 is 69.9 Å². The highest BCUT2D eigenvalue weighted by atomic mass is 35.5. The van der Waals surface area contributed by atoms with Crippen LogP contribution in [0, 0.1) is 0 Å². The van der Waals surface area contributed by atoms with Crippen LogP contribution in [0.2, 0.25) is 15.1 Å². The van der Waals surface area contributed by atoms with Crippen molar-refractivity contribution in [3.63, 3.8) is 0 Å². The van der Waals surface area contributed by atoms with Crippen molar-refractivity contribution < 1.29 is 23.9 Å². The van der Waals surface area contributed by atoms with E-state index < -0.39 is 30.9 Å². The minimum atomic E-state index is -0.798. The molecule has 3 rings (SSSR count). The highest BCUT2D eigenvalue weighted by Crippen LogP contribution is 2.32. The van der Waals surface area contributed by atoms with E-state index in [1.54, 1.807) is 29.2 Å². The lowest BCUT2D eigenvalue weighted by molar-refractivity contribution is -0.146. The predicted molar refractivity (Wildman–Crippen MR) is 121 cm³/mol. The summed E-state index contributed by atoms with van der Waals surface area (Å²) in [7, 11) is 0. The van der Waals surface area contributed by atoms with E-state index in [0.29, 0.717) is 18.5 Å². The van der Waals surface area contributed by atoms with Crippen LogP contribution in [0.5, 0.6) is 0 Å². The molecule has 2 aromatic rings. The standard InChI is InChI=1S/C21H18Cl3N3O5/c22-14-8-16(24)17(9-15(14)23)26-18(28)11-32-20(30)10-25-21(31)12-3-5-13(6-4-12)27-7-1-2-19(27)29/h3-6,8-9H,1-2,7,10-11H2,(H,25,31)(H,26,28). The average Bonchev–Trinajstić information content (AvgIpc) is 3.20. The topological polar surface area (TPSA) is 105 Å². The molecule has 2 N–H and O–H groups in total. The Morgan fingerprint density at radius 3 is 2.34 bits per heavy atom. The van der Waals surface area contributed by atoms with Crippen LogP contribution in [0.25, 0.3) is 0 Å². The first-order valence-corrected chi connectivity index (χ1v) is 10.7. The molecule has 0 aromatic heterocycles. The molecule has 2 aromatic carbocycles. The number of nitrogens with one attached hydrogen (secondary N) is 2. The first-order valence-electron chi connectivity index (χ1n) is 9.53. The molecule has 8 nitrogen and oxygen atoms in total. The second-order valence-corrected chi connectivity index (χ2v) is 8.06. The fourth-order valence-corrected chi connectivity index (χ4v) is 3.56. The number of hydrogen-bond donors (Lipinski definition) is 2. The van der Waals surface area contributed by atoms with E-state index >= 15 is 0 Å². The number of rotatable bonds is 7. The van der Waals surface area contributed by atoms with Crippen molar-refractivity contribution in [2.24, 2.45) is 0 Å². The zero-order valence-corrected chi connectivity index (χ0v) is 18.9. The van der Waals surface area contributed by atoms with Crippen molar-refractivity contribution in [3.05, 3.63) is 57.0 Å². The third-order valence-corrected chi connectivity index (χ3v) is 5.59. The fourth-order valence-electron chi connectivity index (χ4n) is 2.97. The van der Waals surface area contributed by atoms with Gasteiger partial charge < -0.3 is 20.3 Å². The lowest BCUT2D eigenvalue weighted by atomic mass is 10.2. The Bertz CT molecular complexity index is 1060. The predicted octanol–water partition coefficient (Wildman–Crippen LogP) is 3.69. The molecule has 0 spiro atoms. The summed E-state index contributed by atoms with van der Waals surface area (Å²) in [4.78, 5) is 49.4. The summed E-state index contributed by atoms with van der Waals surface area (Å²) in [6, 6.07) is 9.23. The molecule has 0 bridgehead atoms. The van der Waals surface area contributed by atoms with Gasteiger partial charge in [-0.05, 0) is 42.8 Å². The lowest BCUT2D eigenvalue weighted by Crippen LogP contribution is -2.32. The molecule has 1 aliphatic heterocycles. The van der Waals surface area contributed by atoms with E-state index in [2.05, 4.69) is 10.6 Å². The Morgan fingerprint density at radius 1 is 1.00 bits per heavy atom. The highest BCUT2D eigenvalue weighted by Gasteiger charge is 2.21. The van der Waals surface area contributed by atoms with Gasteiger partial charge in [-0.25, -0.2) is 0 Å². The van der Waals surface area contributed by atoms with E-state index in [1.165, 1.54) is 12.1 Å². The quantitative estimate of drug-likeness (QED) is 0.447. The lowest BCUT2D eigenvalue weighted by Gasteiger charge is -2.15. The molecule has 1 fully saturated rings. The maximum absolute atomic E-state index is 12.2. The van der Waals surface area contributed by atoms with Crippen LogP contribution >= 0.6 is 34.8 Å². The maximum atomic E-state index is 12.2. The third-order valence-electron chi connectivity index (χ3n) is 4.56. The normalized spacial score (nSPS) is 13.1. The van der Waals surface area contributed by atoms with Crippen LogP contribution in [0.1, 0.15) is 23.2 Å². The third kappa shape index (κ3) is 6.12. The van der Waals surface area contributed by atoms with E-state index in [9.17, 15) is 19.2 Å². The minimum Gasteiger partial charge on any atom is -0.454 e. The number of ether oxygens (including phenoxy) is 1. The van der Waals surface area contributed by atoms with Crippen molar-refractivity contribution in [1.29, 1.82) is 0 Å². The van der Waals surface area contributed by atoms with Crippen LogP contribution < -0.4 is 15.5 Å². The molecule has 0 aliphatic carbocycles. The van der Waals surface area contributed by atoms with Gasteiger partial charge >= 0.3 is 5.97 Å². The Kier molecular flexibility index (Phi) is 7.95. The molecule has 1 saturated heterocycles. The van der Waals surface area contributed by atoms with Crippen LogP contribution in [-0.2, 0) is 19.1 Å². The molecule has 1 heterocycles. The molecule has 3 amide bonds. The highest BCUT2D eigenvalue weighted by molar-refractivity contribution is 6.44. The van der Waals surface area contributed by atoms with Gasteiger partial charge in [-0.3, -0.25) is 19.2 Å². The number of benzene rings is 2. The number of carbonyl (C=O) groups excluding carboxylic acids is 4. The van der Waals surface area contributed by atoms with Crippen molar-refractivity contribution in [3.8, 4) is 0 Å². The average molecular weight is 499 g/mol. The van der Waals surface area contributed by atoms with Crippen molar-refractivity contribution in [1.82, 2.24) is 5.32 Å². The van der Waals surface area contributed by atoms with Crippen molar-refractivity contribution in [2.75, 3.05) is 29.9 Å². The van der Waals surface area contributed by atoms with Gasteiger partial charge in [0.2, 0.25) is 5.91 Å². The maximum Gasteiger partial charge on any atom is 0.325 e. The molecule has 0 unspecified atom stereocenters. The Hall–Kier alpha value is -2.81. The van der Waals surface area contributed by atoms with E-state index in [-0.39, 0.29) is 26.7 Å². The summed E-state index contributed by atoms with van der Waals surface area (Å²) in [6.07, 6.45) is 1.32. The summed E-state index contributed by atoms with van der Waals surface area (Å²) in [5.41, 5.74) is 1.26. The molecule has 168 valence electrons. The van der Waals surface area contributed by atoms with Crippen LogP contribution in [0.3, 0.4) is 0 Å². The number of amides is 3. The smallest absolute Gasteiger partial charge is 0.325 e. The van der Waals surface area contributed by atoms with E-state index in [1.807, 2.05) is 0 Å². The van der Waals surface area contributed by atoms with Gasteiger partial charge in [-0.2, -0.15) is 0 Å². The van der Waals surface area contributed by atoms with Gasteiger partial charge in [0.15, 0.2) is 6.61 Å². The number of nitrogens with zero attached hydrogens (tertiary/aromatic N) is 1. The van der Waals surface area contributed by atoms with Crippen LogP contribution in [-0.4, -0.2) is 43.4 Å². The summed E-state index contributed by atoms with van der Waals surface area (Å²) < 4.78 is 4.84. The summed E-state index contributed by atoms with van der Waals surface area (Å²) in [5.74, 6) is -1.88. The molecular weight excluding hydrogens is 481 g/mol. The summed E-state index contributed by atoms with van der Waals surface area (Å²) in [6.45, 7) is -0.350.